The Labute approximate surface area is 416 Å². The van der Waals surface area contributed by atoms with Gasteiger partial charge in [-0.15, -0.1) is 0 Å². The molecule has 6 atom stereocenters. The molecule has 1 rings (SSSR count). The third-order valence-electron chi connectivity index (χ3n) is 12.3. The van der Waals surface area contributed by atoms with Crippen molar-refractivity contribution in [1.29, 1.82) is 0 Å². The summed E-state index contributed by atoms with van der Waals surface area (Å²) in [4.78, 5) is 12.9. The first-order chi connectivity index (χ1) is 33.4. The Hall–Kier alpha value is -2.63. The van der Waals surface area contributed by atoms with Crippen molar-refractivity contribution in [2.75, 3.05) is 26.4 Å². The third-order valence-corrected chi connectivity index (χ3v) is 12.3. The smallest absolute Gasteiger partial charge is 0.306 e. The van der Waals surface area contributed by atoms with E-state index in [-0.39, 0.29) is 25.6 Å². The minimum absolute atomic E-state index is 0.129. The van der Waals surface area contributed by atoms with Crippen LogP contribution in [0.3, 0.4) is 0 Å². The maximum atomic E-state index is 12.9. The van der Waals surface area contributed by atoms with Gasteiger partial charge < -0.3 is 39.4 Å². The van der Waals surface area contributed by atoms with Gasteiger partial charge >= 0.3 is 5.97 Å². The lowest BCUT2D eigenvalue weighted by Crippen LogP contribution is -2.59. The highest BCUT2D eigenvalue weighted by atomic mass is 16.7. The van der Waals surface area contributed by atoms with E-state index in [0.29, 0.717) is 6.61 Å². The molecule has 1 aliphatic heterocycles. The second kappa shape index (κ2) is 49.4. The monoisotopic (exact) mass is 955 g/mol. The maximum Gasteiger partial charge on any atom is 0.306 e. The van der Waals surface area contributed by atoms with E-state index in [2.05, 4.69) is 98.9 Å². The van der Waals surface area contributed by atoms with Crippen LogP contribution < -0.4 is 0 Å². The molecule has 0 aromatic rings. The van der Waals surface area contributed by atoms with Gasteiger partial charge in [-0.1, -0.05) is 208 Å². The summed E-state index contributed by atoms with van der Waals surface area (Å²) in [5, 5.41) is 40.3. The average Bonchev–Trinajstić information content (AvgIpc) is 3.34. The van der Waals surface area contributed by atoms with Gasteiger partial charge in [-0.3, -0.25) is 4.79 Å². The van der Waals surface area contributed by atoms with Gasteiger partial charge in [-0.25, -0.2) is 0 Å². The molecule has 392 valence electrons. The Morgan fingerprint density at radius 1 is 0.485 bits per heavy atom. The second-order valence-corrected chi connectivity index (χ2v) is 18.6. The number of hydrogen-bond donors (Lipinski definition) is 4. The molecule has 0 spiro atoms. The molecule has 4 N–H and O–H groups in total. The van der Waals surface area contributed by atoms with E-state index in [0.717, 1.165) is 83.5 Å². The van der Waals surface area contributed by atoms with E-state index in [1.54, 1.807) is 0 Å². The zero-order valence-electron chi connectivity index (χ0n) is 43.3. The number of aliphatic hydroxyl groups is 4. The topological polar surface area (TPSA) is 135 Å². The minimum atomic E-state index is -1.55. The van der Waals surface area contributed by atoms with Gasteiger partial charge in [0.1, 0.15) is 30.5 Å². The molecule has 0 saturated carbocycles. The van der Waals surface area contributed by atoms with Crippen LogP contribution in [-0.4, -0.2) is 89.6 Å². The zero-order chi connectivity index (χ0) is 49.2. The van der Waals surface area contributed by atoms with Gasteiger partial charge in [0.15, 0.2) is 6.29 Å². The lowest BCUT2D eigenvalue weighted by Gasteiger charge is -2.39. The van der Waals surface area contributed by atoms with Crippen molar-refractivity contribution in [3.63, 3.8) is 0 Å². The molecular formula is C59H102O9. The standard InChI is InChI=1S/C59H102O9/c1-3-5-7-9-11-13-15-17-19-21-23-25-27-28-30-32-34-36-38-40-42-44-46-48-55(61)67-53(52-66-59-58(64)57(63)56(62)54(50-60)68-59)51-65-49-47-45-43-41-39-37-35-33-31-29-26-24-22-20-18-16-14-12-10-8-6-4-2/h5,7,11,13,17,19,22-25,28,30,34,36,53-54,56-60,62-64H,3-4,6,8-10,12,14-16,18,20-21,26-27,29,31-33,35,37-52H2,1-2H3/b7-5-,13-11-,19-17-,24-22-,25-23-,30-28-,36-34-. The summed E-state index contributed by atoms with van der Waals surface area (Å²) in [5.41, 5.74) is 0. The lowest BCUT2D eigenvalue weighted by molar-refractivity contribution is -0.305. The van der Waals surface area contributed by atoms with E-state index in [4.69, 9.17) is 18.9 Å². The van der Waals surface area contributed by atoms with Gasteiger partial charge in [0, 0.05) is 13.0 Å². The Bertz CT molecular complexity index is 1320. The predicted molar refractivity (Wildman–Crippen MR) is 283 cm³/mol. The first-order valence-corrected chi connectivity index (χ1v) is 27.7. The van der Waals surface area contributed by atoms with E-state index in [1.165, 1.54) is 116 Å². The lowest BCUT2D eigenvalue weighted by atomic mass is 9.99. The van der Waals surface area contributed by atoms with E-state index in [1.807, 2.05) is 0 Å². The van der Waals surface area contributed by atoms with Crippen molar-refractivity contribution in [3.8, 4) is 0 Å². The summed E-state index contributed by atoms with van der Waals surface area (Å²) in [6.45, 7) is 4.42. The quantitative estimate of drug-likeness (QED) is 0.0267. The van der Waals surface area contributed by atoms with Gasteiger partial charge in [0.25, 0.3) is 0 Å². The molecular weight excluding hydrogens is 853 g/mol. The second-order valence-electron chi connectivity index (χ2n) is 18.6. The number of unbranched alkanes of at least 4 members (excludes halogenated alkanes) is 22. The molecule has 1 saturated heterocycles. The van der Waals surface area contributed by atoms with Crippen LogP contribution >= 0.6 is 0 Å². The summed E-state index contributed by atoms with van der Waals surface area (Å²) in [7, 11) is 0. The largest absolute Gasteiger partial charge is 0.457 e. The van der Waals surface area contributed by atoms with Crippen LogP contribution in [0.1, 0.15) is 219 Å². The number of carbonyl (C=O) groups is 1. The Morgan fingerprint density at radius 3 is 1.37 bits per heavy atom. The summed E-state index contributed by atoms with van der Waals surface area (Å²) in [6, 6.07) is 0. The highest BCUT2D eigenvalue weighted by Gasteiger charge is 2.44. The van der Waals surface area contributed by atoms with Crippen LogP contribution in [0.5, 0.6) is 0 Å². The number of aliphatic hydroxyl groups excluding tert-OH is 4. The molecule has 0 bridgehead atoms. The fourth-order valence-corrected chi connectivity index (χ4v) is 8.02. The maximum absolute atomic E-state index is 12.9. The number of rotatable bonds is 47. The number of ether oxygens (including phenoxy) is 4. The average molecular weight is 955 g/mol. The fourth-order valence-electron chi connectivity index (χ4n) is 8.02. The van der Waals surface area contributed by atoms with E-state index in [9.17, 15) is 25.2 Å². The number of allylic oxidation sites excluding steroid dienone is 14. The minimum Gasteiger partial charge on any atom is -0.457 e. The fraction of sp³-hybridized carbons (Fsp3) is 0.746. The molecule has 0 aromatic heterocycles. The summed E-state index contributed by atoms with van der Waals surface area (Å²) in [6.07, 6.45) is 60.5. The normalized spacial score (nSPS) is 19.8. The predicted octanol–water partition coefficient (Wildman–Crippen LogP) is 14.1. The summed E-state index contributed by atoms with van der Waals surface area (Å²) < 4.78 is 22.9. The highest BCUT2D eigenvalue weighted by Crippen LogP contribution is 2.23. The van der Waals surface area contributed by atoms with Crippen LogP contribution in [-0.2, 0) is 23.7 Å². The van der Waals surface area contributed by atoms with Gasteiger partial charge in [0.05, 0.1) is 19.8 Å². The SMILES string of the molecule is CC/C=C\C/C=C\C/C=C\C/C=C\C/C=C\C/C=C\CCCCCCC(=O)OC(COCCCCCCCCCCCC/C=C\CCCCCCCCCC)COC1OC(CO)C(O)C(O)C1O. The van der Waals surface area contributed by atoms with Crippen molar-refractivity contribution in [2.24, 2.45) is 0 Å². The first-order valence-electron chi connectivity index (χ1n) is 27.7. The molecule has 9 heteroatoms. The zero-order valence-corrected chi connectivity index (χ0v) is 43.3. The Kier molecular flexibility index (Phi) is 46.0. The molecule has 1 aliphatic rings. The molecule has 9 nitrogen and oxygen atoms in total. The van der Waals surface area contributed by atoms with Crippen LogP contribution in [0.15, 0.2) is 85.1 Å². The molecule has 0 amide bonds. The molecule has 0 aliphatic carbocycles. The van der Waals surface area contributed by atoms with E-state index >= 15 is 0 Å². The number of hydrogen-bond acceptors (Lipinski definition) is 9. The molecule has 1 fully saturated rings. The Morgan fingerprint density at radius 2 is 0.897 bits per heavy atom. The third kappa shape index (κ3) is 39.1. The van der Waals surface area contributed by atoms with Crippen molar-refractivity contribution < 1.29 is 44.2 Å². The van der Waals surface area contributed by atoms with Crippen LogP contribution in [0.2, 0.25) is 0 Å². The summed E-state index contributed by atoms with van der Waals surface area (Å²) in [5.74, 6) is -0.339. The summed E-state index contributed by atoms with van der Waals surface area (Å²) >= 11 is 0. The van der Waals surface area contributed by atoms with Gasteiger partial charge in [-0.05, 0) is 89.9 Å². The molecule has 1 heterocycles. The van der Waals surface area contributed by atoms with Crippen LogP contribution in [0, 0.1) is 0 Å². The highest BCUT2D eigenvalue weighted by molar-refractivity contribution is 5.69. The van der Waals surface area contributed by atoms with E-state index < -0.39 is 43.4 Å². The van der Waals surface area contributed by atoms with Crippen LogP contribution in [0.4, 0.5) is 0 Å². The number of carbonyl (C=O) groups excluding carboxylic acids is 1. The van der Waals surface area contributed by atoms with Crippen molar-refractivity contribution in [3.05, 3.63) is 85.1 Å². The molecule has 68 heavy (non-hydrogen) atoms. The molecule has 6 unspecified atom stereocenters. The number of esters is 1. The van der Waals surface area contributed by atoms with Crippen molar-refractivity contribution in [2.45, 2.75) is 256 Å². The first kappa shape index (κ1) is 63.4. The molecule has 0 aromatic carbocycles. The molecule has 0 radical (unpaired) electrons. The van der Waals surface area contributed by atoms with Gasteiger partial charge in [0.2, 0.25) is 0 Å². The van der Waals surface area contributed by atoms with Crippen molar-refractivity contribution in [1.82, 2.24) is 0 Å². The van der Waals surface area contributed by atoms with Crippen molar-refractivity contribution >= 4 is 5.97 Å². The van der Waals surface area contributed by atoms with Crippen LogP contribution in [0.25, 0.3) is 0 Å². The Balaban J connectivity index is 2.21. The van der Waals surface area contributed by atoms with Gasteiger partial charge in [-0.2, -0.15) is 0 Å².